The van der Waals surface area contributed by atoms with Crippen LogP contribution in [0.5, 0.6) is 0 Å². The van der Waals surface area contributed by atoms with E-state index in [9.17, 15) is 0 Å². The van der Waals surface area contributed by atoms with Crippen molar-refractivity contribution in [3.63, 3.8) is 0 Å². The molecule has 170 valence electrons. The third-order valence-electron chi connectivity index (χ3n) is 5.67. The highest BCUT2D eigenvalue weighted by molar-refractivity contribution is 5.69. The molecule has 2 N–H and O–H groups in total. The average molecular weight is 451 g/mol. The van der Waals surface area contributed by atoms with Crippen molar-refractivity contribution in [1.82, 2.24) is 15.0 Å². The van der Waals surface area contributed by atoms with E-state index in [1.165, 1.54) is 12.5 Å². The molecule has 1 aliphatic heterocycles. The van der Waals surface area contributed by atoms with Crippen molar-refractivity contribution < 1.29 is 0 Å². The maximum atomic E-state index is 9.04. The number of aromatic nitrogens is 3. The Hall–Kier alpha value is -4.43. The Balaban J connectivity index is 1.67. The third-order valence-corrected chi connectivity index (χ3v) is 5.67. The highest BCUT2D eigenvalue weighted by atomic mass is 15.3. The fourth-order valence-corrected chi connectivity index (χ4v) is 4.00. The summed E-state index contributed by atoms with van der Waals surface area (Å²) in [6, 6.07) is 15.4. The lowest BCUT2D eigenvalue weighted by Crippen LogP contribution is -2.31. The molecule has 1 aromatic heterocycles. The molecule has 0 saturated carbocycles. The van der Waals surface area contributed by atoms with Crippen molar-refractivity contribution in [3.8, 4) is 12.1 Å². The van der Waals surface area contributed by atoms with Crippen molar-refractivity contribution in [3.05, 3.63) is 64.7 Å². The van der Waals surface area contributed by atoms with Crippen molar-refractivity contribution in [1.29, 1.82) is 10.5 Å². The Morgan fingerprint density at radius 2 is 1.53 bits per heavy atom. The van der Waals surface area contributed by atoms with Crippen molar-refractivity contribution >= 4 is 35.3 Å². The van der Waals surface area contributed by atoms with Crippen LogP contribution < -0.4 is 15.5 Å². The van der Waals surface area contributed by atoms with E-state index >= 15 is 0 Å². The molecule has 8 nitrogen and oxygen atoms in total. The summed E-state index contributed by atoms with van der Waals surface area (Å²) in [6.07, 6.45) is 6.71. The molecule has 0 atom stereocenters. The number of nitrogens with zero attached hydrogens (tertiary/aromatic N) is 6. The number of hydrogen-bond donors (Lipinski definition) is 2. The Morgan fingerprint density at radius 1 is 0.882 bits per heavy atom. The van der Waals surface area contributed by atoms with Crippen LogP contribution in [-0.2, 0) is 0 Å². The van der Waals surface area contributed by atoms with Crippen LogP contribution in [0.25, 0.3) is 6.08 Å². The van der Waals surface area contributed by atoms with Crippen molar-refractivity contribution in [2.45, 2.75) is 33.1 Å². The van der Waals surface area contributed by atoms with Gasteiger partial charge in [-0.1, -0.05) is 0 Å². The van der Waals surface area contributed by atoms with Crippen LogP contribution in [0.4, 0.5) is 29.2 Å². The van der Waals surface area contributed by atoms with Crippen LogP contribution in [0.1, 0.15) is 41.5 Å². The number of nitriles is 2. The van der Waals surface area contributed by atoms with Gasteiger partial charge in [-0.2, -0.15) is 25.5 Å². The molecule has 1 aliphatic rings. The number of piperidine rings is 1. The fourth-order valence-electron chi connectivity index (χ4n) is 4.00. The molecular weight excluding hydrogens is 424 g/mol. The number of aryl methyl sites for hydroxylation is 2. The molecule has 2 aromatic carbocycles. The van der Waals surface area contributed by atoms with Gasteiger partial charge in [-0.15, -0.1) is 0 Å². The minimum Gasteiger partial charge on any atom is -0.341 e. The first-order chi connectivity index (χ1) is 16.6. The zero-order chi connectivity index (χ0) is 23.9. The van der Waals surface area contributed by atoms with E-state index in [4.69, 9.17) is 15.5 Å². The van der Waals surface area contributed by atoms with Gasteiger partial charge >= 0.3 is 0 Å². The predicted molar refractivity (Wildman–Crippen MR) is 134 cm³/mol. The molecule has 2 heterocycles. The van der Waals surface area contributed by atoms with Gasteiger partial charge in [0.15, 0.2) is 0 Å². The zero-order valence-electron chi connectivity index (χ0n) is 19.3. The molecule has 0 spiro atoms. The lowest BCUT2D eigenvalue weighted by atomic mass is 10.0. The highest BCUT2D eigenvalue weighted by Crippen LogP contribution is 2.27. The maximum Gasteiger partial charge on any atom is 0.233 e. The third kappa shape index (κ3) is 5.48. The van der Waals surface area contributed by atoms with Crippen LogP contribution in [0.2, 0.25) is 0 Å². The molecule has 0 unspecified atom stereocenters. The molecule has 1 saturated heterocycles. The normalized spacial score (nSPS) is 13.4. The first-order valence-electron chi connectivity index (χ1n) is 11.3. The number of benzene rings is 2. The molecule has 4 rings (SSSR count). The van der Waals surface area contributed by atoms with E-state index in [1.807, 2.05) is 44.2 Å². The Labute approximate surface area is 199 Å². The molecule has 0 bridgehead atoms. The van der Waals surface area contributed by atoms with Gasteiger partial charge in [0.25, 0.3) is 0 Å². The largest absolute Gasteiger partial charge is 0.341 e. The van der Waals surface area contributed by atoms with E-state index < -0.39 is 0 Å². The van der Waals surface area contributed by atoms with Crippen LogP contribution >= 0.6 is 0 Å². The molecule has 0 radical (unpaired) electrons. The lowest BCUT2D eigenvalue weighted by molar-refractivity contribution is 0.568. The minimum absolute atomic E-state index is 0.437. The highest BCUT2D eigenvalue weighted by Gasteiger charge is 2.17. The molecule has 3 aromatic rings. The zero-order valence-corrected chi connectivity index (χ0v) is 19.3. The van der Waals surface area contributed by atoms with Crippen molar-refractivity contribution in [2.75, 3.05) is 28.6 Å². The smallest absolute Gasteiger partial charge is 0.233 e. The second-order valence-electron chi connectivity index (χ2n) is 8.26. The SMILES string of the molecule is Cc1cc(/C=C/C#N)cc(C)c1Nc1nc(Nc2ccc(C#N)cc2)nc(N2CCCCC2)n1. The van der Waals surface area contributed by atoms with Crippen LogP contribution in [0.3, 0.4) is 0 Å². The van der Waals surface area contributed by atoms with Gasteiger partial charge in [0, 0.05) is 30.5 Å². The van der Waals surface area contributed by atoms with Crippen LogP contribution in [-0.4, -0.2) is 28.0 Å². The summed E-state index contributed by atoms with van der Waals surface area (Å²) in [7, 11) is 0. The summed E-state index contributed by atoms with van der Waals surface area (Å²) in [6.45, 7) is 5.86. The number of anilines is 5. The number of nitrogens with one attached hydrogen (secondary N) is 2. The Bertz CT molecular complexity index is 1250. The molecule has 0 aliphatic carbocycles. The van der Waals surface area contributed by atoms with Crippen LogP contribution in [0.15, 0.2) is 42.5 Å². The van der Waals surface area contributed by atoms with Crippen molar-refractivity contribution in [2.24, 2.45) is 0 Å². The van der Waals surface area contributed by atoms with E-state index in [0.29, 0.717) is 23.4 Å². The van der Waals surface area contributed by atoms with Gasteiger partial charge in [-0.05, 0) is 92.3 Å². The molecular formula is C26H26N8. The minimum atomic E-state index is 0.437. The monoisotopic (exact) mass is 450 g/mol. The Morgan fingerprint density at radius 3 is 2.15 bits per heavy atom. The first-order valence-corrected chi connectivity index (χ1v) is 11.3. The quantitative estimate of drug-likeness (QED) is 0.482. The van der Waals surface area contributed by atoms with Gasteiger partial charge in [-0.25, -0.2) is 0 Å². The summed E-state index contributed by atoms with van der Waals surface area (Å²) in [5.74, 6) is 1.53. The summed E-state index contributed by atoms with van der Waals surface area (Å²) >= 11 is 0. The van der Waals surface area contributed by atoms with E-state index in [1.54, 1.807) is 18.2 Å². The van der Waals surface area contributed by atoms with E-state index in [2.05, 4.69) is 31.6 Å². The van der Waals surface area contributed by atoms with Gasteiger partial charge in [0.1, 0.15) is 0 Å². The van der Waals surface area contributed by atoms with Gasteiger partial charge in [0.05, 0.1) is 17.7 Å². The fraction of sp³-hybridized carbons (Fsp3) is 0.269. The lowest BCUT2D eigenvalue weighted by Gasteiger charge is -2.27. The molecule has 0 amide bonds. The first kappa shape index (κ1) is 22.8. The molecule has 1 fully saturated rings. The number of hydrogen-bond acceptors (Lipinski definition) is 8. The Kier molecular flexibility index (Phi) is 7.00. The second kappa shape index (κ2) is 10.5. The number of rotatable bonds is 6. The molecule has 34 heavy (non-hydrogen) atoms. The average Bonchev–Trinajstić information content (AvgIpc) is 2.86. The van der Waals surface area contributed by atoms with Gasteiger partial charge < -0.3 is 15.5 Å². The standard InChI is InChI=1S/C26H26N8/c1-18-15-21(7-6-12-27)16-19(2)23(18)30-25-31-24(29-22-10-8-20(17-28)9-11-22)32-26(33-25)34-13-4-3-5-14-34/h6-11,15-16H,3-5,13-14H2,1-2H3,(H2,29,30,31,32,33)/b7-6+. The van der Waals surface area contributed by atoms with Crippen LogP contribution in [0, 0.1) is 36.5 Å². The van der Waals surface area contributed by atoms with Gasteiger partial charge in [0.2, 0.25) is 17.8 Å². The summed E-state index contributed by atoms with van der Waals surface area (Å²) in [5, 5.41) is 24.5. The summed E-state index contributed by atoms with van der Waals surface area (Å²) < 4.78 is 0. The second-order valence-corrected chi connectivity index (χ2v) is 8.26. The summed E-state index contributed by atoms with van der Waals surface area (Å²) in [4.78, 5) is 16.2. The van der Waals surface area contributed by atoms with Gasteiger partial charge in [-0.3, -0.25) is 0 Å². The van der Waals surface area contributed by atoms with E-state index in [0.717, 1.165) is 54.0 Å². The maximum absolute atomic E-state index is 9.04. The topological polar surface area (TPSA) is 114 Å². The predicted octanol–water partition coefficient (Wildman–Crippen LogP) is 5.37. The van der Waals surface area contributed by atoms with E-state index in [-0.39, 0.29) is 0 Å². The molecule has 8 heteroatoms. The summed E-state index contributed by atoms with van der Waals surface area (Å²) in [5.41, 5.74) is 5.33. The number of allylic oxidation sites excluding steroid dienone is 1.